The lowest BCUT2D eigenvalue weighted by Gasteiger charge is -2.44. The van der Waals surface area contributed by atoms with Crippen LogP contribution in [0.4, 0.5) is 10.1 Å². The van der Waals surface area contributed by atoms with E-state index in [2.05, 4.69) is 0 Å². The Morgan fingerprint density at radius 2 is 2.24 bits per heavy atom. The van der Waals surface area contributed by atoms with Crippen molar-refractivity contribution in [2.24, 2.45) is 0 Å². The van der Waals surface area contributed by atoms with Crippen molar-refractivity contribution in [2.75, 3.05) is 24.7 Å². The van der Waals surface area contributed by atoms with E-state index in [4.69, 9.17) is 10.00 Å². The average Bonchev–Trinajstić information content (AvgIpc) is 2.28. The van der Waals surface area contributed by atoms with Crippen molar-refractivity contribution in [3.05, 3.63) is 29.6 Å². The lowest BCUT2D eigenvalue weighted by molar-refractivity contribution is 0.0643. The van der Waals surface area contributed by atoms with Crippen LogP contribution < -0.4 is 4.90 Å². The minimum atomic E-state index is -0.465. The summed E-state index contributed by atoms with van der Waals surface area (Å²) >= 11 is 0. The van der Waals surface area contributed by atoms with Crippen molar-refractivity contribution >= 4 is 5.69 Å². The van der Waals surface area contributed by atoms with Gasteiger partial charge in [0, 0.05) is 6.54 Å². The molecule has 1 saturated heterocycles. The van der Waals surface area contributed by atoms with Crippen molar-refractivity contribution in [1.29, 1.82) is 5.26 Å². The maximum atomic E-state index is 13.6. The van der Waals surface area contributed by atoms with Gasteiger partial charge >= 0.3 is 0 Å². The summed E-state index contributed by atoms with van der Waals surface area (Å²) in [5.74, 6) is -0.465. The molecule has 4 heteroatoms. The molecule has 0 aromatic heterocycles. The zero-order valence-electron chi connectivity index (χ0n) is 10.0. The van der Waals surface area contributed by atoms with Crippen LogP contribution in [0.25, 0.3) is 0 Å². The summed E-state index contributed by atoms with van der Waals surface area (Å²) in [4.78, 5) is 2.04. The van der Waals surface area contributed by atoms with Crippen molar-refractivity contribution in [1.82, 2.24) is 0 Å². The molecule has 90 valence electrons. The van der Waals surface area contributed by atoms with E-state index >= 15 is 0 Å². The monoisotopic (exact) mass is 234 g/mol. The van der Waals surface area contributed by atoms with Crippen LogP contribution in [0.5, 0.6) is 0 Å². The van der Waals surface area contributed by atoms with Crippen LogP contribution in [0.2, 0.25) is 0 Å². The highest BCUT2D eigenvalue weighted by molar-refractivity contribution is 5.61. The molecule has 0 amide bonds. The Hall–Kier alpha value is -1.60. The lowest BCUT2D eigenvalue weighted by atomic mass is 9.99. The van der Waals surface area contributed by atoms with Gasteiger partial charge in [-0.15, -0.1) is 0 Å². The molecule has 0 bridgehead atoms. The topological polar surface area (TPSA) is 36.3 Å². The molecule has 17 heavy (non-hydrogen) atoms. The quantitative estimate of drug-likeness (QED) is 0.748. The summed E-state index contributed by atoms with van der Waals surface area (Å²) in [5.41, 5.74) is 0.542. The Morgan fingerprint density at radius 1 is 1.47 bits per heavy atom. The first-order valence-electron chi connectivity index (χ1n) is 5.60. The third-order valence-electron chi connectivity index (χ3n) is 3.04. The number of rotatable bonds is 1. The van der Waals surface area contributed by atoms with Crippen LogP contribution in [-0.2, 0) is 4.74 Å². The SMILES string of the molecule is CC1(C)COCCN1c1cccc(F)c1C#N. The molecule has 1 aromatic rings. The third-order valence-corrected chi connectivity index (χ3v) is 3.04. The summed E-state index contributed by atoms with van der Waals surface area (Å²) in [6, 6.07) is 6.68. The number of hydrogen-bond donors (Lipinski definition) is 0. The van der Waals surface area contributed by atoms with Gasteiger partial charge in [-0.3, -0.25) is 0 Å². The first kappa shape index (κ1) is 11.9. The molecule has 2 rings (SSSR count). The van der Waals surface area contributed by atoms with Gasteiger partial charge in [-0.1, -0.05) is 6.07 Å². The van der Waals surface area contributed by atoms with Gasteiger partial charge in [0.25, 0.3) is 0 Å². The van der Waals surface area contributed by atoms with Gasteiger partial charge < -0.3 is 9.64 Å². The highest BCUT2D eigenvalue weighted by Crippen LogP contribution is 2.30. The van der Waals surface area contributed by atoms with Crippen LogP contribution in [0, 0.1) is 17.1 Å². The number of anilines is 1. The molecule has 0 aliphatic carbocycles. The normalized spacial score (nSPS) is 18.8. The minimum absolute atomic E-state index is 0.113. The smallest absolute Gasteiger partial charge is 0.143 e. The number of halogens is 1. The number of benzene rings is 1. The molecule has 0 N–H and O–H groups in total. The Balaban J connectivity index is 2.46. The molecule has 1 aromatic carbocycles. The number of nitrogens with zero attached hydrogens (tertiary/aromatic N) is 2. The fraction of sp³-hybridized carbons (Fsp3) is 0.462. The second kappa shape index (κ2) is 4.34. The molecule has 0 spiro atoms. The zero-order valence-corrected chi connectivity index (χ0v) is 10.0. The second-order valence-corrected chi connectivity index (χ2v) is 4.76. The van der Waals surface area contributed by atoms with Gasteiger partial charge in [0.15, 0.2) is 0 Å². The number of hydrogen-bond acceptors (Lipinski definition) is 3. The molecule has 1 fully saturated rings. The molecular formula is C13H15FN2O. The summed E-state index contributed by atoms with van der Waals surface area (Å²) in [7, 11) is 0. The van der Waals surface area contributed by atoms with E-state index in [1.165, 1.54) is 6.07 Å². The van der Waals surface area contributed by atoms with Crippen molar-refractivity contribution < 1.29 is 9.13 Å². The Labute approximate surface area is 100 Å². The van der Waals surface area contributed by atoms with Gasteiger partial charge in [-0.25, -0.2) is 4.39 Å². The average molecular weight is 234 g/mol. The zero-order chi connectivity index (χ0) is 12.5. The minimum Gasteiger partial charge on any atom is -0.377 e. The van der Waals surface area contributed by atoms with Crippen LogP contribution in [-0.4, -0.2) is 25.3 Å². The van der Waals surface area contributed by atoms with E-state index in [9.17, 15) is 4.39 Å². The molecule has 1 aliphatic rings. The summed E-state index contributed by atoms with van der Waals surface area (Å²) in [5, 5.41) is 9.05. The van der Waals surface area contributed by atoms with Gasteiger partial charge in [0.05, 0.1) is 24.4 Å². The molecule has 3 nitrogen and oxygen atoms in total. The Morgan fingerprint density at radius 3 is 2.88 bits per heavy atom. The van der Waals surface area contributed by atoms with Crippen LogP contribution >= 0.6 is 0 Å². The number of ether oxygens (including phenoxy) is 1. The predicted molar refractivity (Wildman–Crippen MR) is 63.4 cm³/mol. The van der Waals surface area contributed by atoms with E-state index in [0.29, 0.717) is 25.4 Å². The largest absolute Gasteiger partial charge is 0.377 e. The van der Waals surface area contributed by atoms with E-state index in [1.807, 2.05) is 24.8 Å². The van der Waals surface area contributed by atoms with Crippen molar-refractivity contribution in [2.45, 2.75) is 19.4 Å². The van der Waals surface area contributed by atoms with E-state index in [1.54, 1.807) is 12.1 Å². The standard InChI is InChI=1S/C13H15FN2O/c1-13(2)9-17-7-6-16(13)12-5-3-4-11(14)10(12)8-15/h3-5H,6-7,9H2,1-2H3. The molecule has 1 aliphatic heterocycles. The maximum absolute atomic E-state index is 13.6. The van der Waals surface area contributed by atoms with Gasteiger partial charge in [0.1, 0.15) is 17.4 Å². The van der Waals surface area contributed by atoms with E-state index < -0.39 is 5.82 Å². The van der Waals surface area contributed by atoms with E-state index in [0.717, 1.165) is 0 Å². The van der Waals surface area contributed by atoms with Gasteiger partial charge in [-0.05, 0) is 26.0 Å². The fourth-order valence-electron chi connectivity index (χ4n) is 2.15. The lowest BCUT2D eigenvalue weighted by Crippen LogP contribution is -2.53. The summed E-state index contributed by atoms with van der Waals surface area (Å²) in [6.07, 6.45) is 0. The second-order valence-electron chi connectivity index (χ2n) is 4.76. The fourth-order valence-corrected chi connectivity index (χ4v) is 2.15. The molecule has 0 unspecified atom stereocenters. The maximum Gasteiger partial charge on any atom is 0.143 e. The summed E-state index contributed by atoms with van der Waals surface area (Å²) in [6.45, 7) is 5.90. The Bertz CT molecular complexity index is 465. The Kier molecular flexibility index (Phi) is 3.03. The predicted octanol–water partition coefficient (Wildman–Crippen LogP) is 2.31. The van der Waals surface area contributed by atoms with Gasteiger partial charge in [-0.2, -0.15) is 5.26 Å². The molecular weight excluding hydrogens is 219 g/mol. The van der Waals surface area contributed by atoms with Crippen LogP contribution in [0.3, 0.4) is 0 Å². The number of nitriles is 1. The van der Waals surface area contributed by atoms with Crippen molar-refractivity contribution in [3.8, 4) is 6.07 Å². The molecule has 0 atom stereocenters. The van der Waals surface area contributed by atoms with Crippen LogP contribution in [0.1, 0.15) is 19.4 Å². The first-order chi connectivity index (χ1) is 8.06. The molecule has 0 radical (unpaired) electrons. The summed E-state index contributed by atoms with van der Waals surface area (Å²) < 4.78 is 19.0. The molecule has 0 saturated carbocycles. The number of morpholine rings is 1. The third kappa shape index (κ3) is 2.11. The van der Waals surface area contributed by atoms with Crippen LogP contribution in [0.15, 0.2) is 18.2 Å². The highest BCUT2D eigenvalue weighted by Gasteiger charge is 2.32. The van der Waals surface area contributed by atoms with Gasteiger partial charge in [0.2, 0.25) is 0 Å². The van der Waals surface area contributed by atoms with Crippen molar-refractivity contribution in [3.63, 3.8) is 0 Å². The van der Waals surface area contributed by atoms with E-state index in [-0.39, 0.29) is 11.1 Å². The molecule has 1 heterocycles. The highest BCUT2D eigenvalue weighted by atomic mass is 19.1. The first-order valence-corrected chi connectivity index (χ1v) is 5.60.